The number of hydrogen-bond donors (Lipinski definition) is 1. The lowest BCUT2D eigenvalue weighted by atomic mass is 10.1. The minimum atomic E-state index is -0.763. The maximum absolute atomic E-state index is 11.6. The largest absolute Gasteiger partial charge is 0.452 e. The van der Waals surface area contributed by atoms with E-state index in [9.17, 15) is 9.59 Å². The molecular formula is C13H18N2O3. The van der Waals surface area contributed by atoms with E-state index in [1.807, 2.05) is 0 Å². The zero-order valence-corrected chi connectivity index (χ0v) is 10.8. The number of amides is 1. The number of esters is 1. The summed E-state index contributed by atoms with van der Waals surface area (Å²) in [6, 6.07) is 6.96. The van der Waals surface area contributed by atoms with Gasteiger partial charge in [0.05, 0.1) is 6.42 Å². The summed E-state index contributed by atoms with van der Waals surface area (Å²) in [5.41, 5.74) is 6.99. The van der Waals surface area contributed by atoms with E-state index < -0.39 is 12.1 Å². The number of rotatable bonds is 4. The minimum absolute atomic E-state index is 0.130. The summed E-state index contributed by atoms with van der Waals surface area (Å²) in [4.78, 5) is 24.5. The molecular weight excluding hydrogens is 232 g/mol. The first-order chi connectivity index (χ1) is 8.40. The van der Waals surface area contributed by atoms with Gasteiger partial charge in [0, 0.05) is 19.8 Å². The Morgan fingerprint density at radius 1 is 1.28 bits per heavy atom. The third-order valence-electron chi connectivity index (χ3n) is 2.42. The number of benzene rings is 1. The smallest absolute Gasteiger partial charge is 0.311 e. The van der Waals surface area contributed by atoms with Crippen molar-refractivity contribution in [1.82, 2.24) is 4.90 Å². The lowest BCUT2D eigenvalue weighted by molar-refractivity contribution is -0.157. The molecule has 2 N–H and O–H groups in total. The Labute approximate surface area is 107 Å². The Hall–Kier alpha value is -2.04. The zero-order chi connectivity index (χ0) is 13.7. The Bertz CT molecular complexity index is 426. The molecule has 0 bridgehead atoms. The fourth-order valence-electron chi connectivity index (χ4n) is 1.46. The van der Waals surface area contributed by atoms with Crippen LogP contribution in [-0.4, -0.2) is 37.0 Å². The summed E-state index contributed by atoms with van der Waals surface area (Å²) in [5, 5.41) is 0. The molecule has 5 heteroatoms. The fraction of sp³-hybridized carbons (Fsp3) is 0.385. The average molecular weight is 250 g/mol. The first-order valence-electron chi connectivity index (χ1n) is 5.65. The first-order valence-corrected chi connectivity index (χ1v) is 5.65. The van der Waals surface area contributed by atoms with Gasteiger partial charge in [0.25, 0.3) is 5.91 Å². The van der Waals surface area contributed by atoms with Crippen molar-refractivity contribution in [3.63, 3.8) is 0 Å². The van der Waals surface area contributed by atoms with Crippen LogP contribution in [0.15, 0.2) is 24.3 Å². The van der Waals surface area contributed by atoms with E-state index in [1.165, 1.54) is 4.90 Å². The number of likely N-dealkylation sites (N-methyl/N-ethyl adjacent to an activating group) is 1. The minimum Gasteiger partial charge on any atom is -0.452 e. The molecule has 1 amide bonds. The van der Waals surface area contributed by atoms with Crippen molar-refractivity contribution in [3.8, 4) is 0 Å². The molecule has 18 heavy (non-hydrogen) atoms. The predicted octanol–water partition coefficient (Wildman–Crippen LogP) is 0.831. The van der Waals surface area contributed by atoms with Crippen LogP contribution in [-0.2, 0) is 20.7 Å². The number of carbonyl (C=O) groups is 2. The molecule has 0 aliphatic heterocycles. The van der Waals surface area contributed by atoms with Gasteiger partial charge in [-0.05, 0) is 24.6 Å². The average Bonchev–Trinajstić information content (AvgIpc) is 2.30. The van der Waals surface area contributed by atoms with Crippen LogP contribution in [0.1, 0.15) is 12.5 Å². The van der Waals surface area contributed by atoms with Crippen LogP contribution in [0, 0.1) is 0 Å². The SMILES string of the molecule is CC(OC(=O)Cc1ccc(N)cc1)C(=O)N(C)C. The molecule has 0 heterocycles. The molecule has 0 saturated carbocycles. The summed E-state index contributed by atoms with van der Waals surface area (Å²) in [6.07, 6.45) is -0.632. The van der Waals surface area contributed by atoms with Crippen molar-refractivity contribution in [2.24, 2.45) is 0 Å². The summed E-state index contributed by atoms with van der Waals surface area (Å²) in [7, 11) is 3.24. The van der Waals surface area contributed by atoms with Crippen LogP contribution < -0.4 is 5.73 Å². The Kier molecular flexibility index (Phi) is 4.71. The van der Waals surface area contributed by atoms with Gasteiger partial charge in [-0.3, -0.25) is 9.59 Å². The summed E-state index contributed by atoms with van der Waals surface area (Å²) < 4.78 is 5.05. The van der Waals surface area contributed by atoms with Crippen LogP contribution in [0.5, 0.6) is 0 Å². The van der Waals surface area contributed by atoms with Gasteiger partial charge < -0.3 is 15.4 Å². The second-order valence-corrected chi connectivity index (χ2v) is 4.28. The van der Waals surface area contributed by atoms with Gasteiger partial charge in [-0.15, -0.1) is 0 Å². The molecule has 0 aliphatic carbocycles. The van der Waals surface area contributed by atoms with E-state index in [1.54, 1.807) is 45.3 Å². The van der Waals surface area contributed by atoms with Gasteiger partial charge in [-0.2, -0.15) is 0 Å². The van der Waals surface area contributed by atoms with Crippen molar-refractivity contribution >= 4 is 17.6 Å². The van der Waals surface area contributed by atoms with Gasteiger partial charge in [0.2, 0.25) is 0 Å². The van der Waals surface area contributed by atoms with Crippen molar-refractivity contribution in [2.75, 3.05) is 19.8 Å². The maximum atomic E-state index is 11.6. The fourth-order valence-corrected chi connectivity index (χ4v) is 1.46. The number of ether oxygens (including phenoxy) is 1. The molecule has 1 aromatic rings. The highest BCUT2D eigenvalue weighted by atomic mass is 16.5. The van der Waals surface area contributed by atoms with Gasteiger partial charge >= 0.3 is 5.97 Å². The van der Waals surface area contributed by atoms with Crippen molar-refractivity contribution in [2.45, 2.75) is 19.4 Å². The molecule has 5 nitrogen and oxygen atoms in total. The number of carbonyl (C=O) groups excluding carboxylic acids is 2. The molecule has 98 valence electrons. The molecule has 1 unspecified atom stereocenters. The Morgan fingerprint density at radius 3 is 2.33 bits per heavy atom. The van der Waals surface area contributed by atoms with Crippen LogP contribution in [0.25, 0.3) is 0 Å². The first kappa shape index (κ1) is 14.0. The standard InChI is InChI=1S/C13H18N2O3/c1-9(13(17)15(2)3)18-12(16)8-10-4-6-11(14)7-5-10/h4-7,9H,8,14H2,1-3H3. The highest BCUT2D eigenvalue weighted by molar-refractivity contribution is 5.83. The quantitative estimate of drug-likeness (QED) is 0.634. The molecule has 0 radical (unpaired) electrons. The van der Waals surface area contributed by atoms with E-state index in [0.29, 0.717) is 5.69 Å². The van der Waals surface area contributed by atoms with Gasteiger partial charge in [-0.1, -0.05) is 12.1 Å². The number of nitrogens with two attached hydrogens (primary N) is 1. The number of anilines is 1. The third kappa shape index (κ3) is 4.08. The predicted molar refractivity (Wildman–Crippen MR) is 68.8 cm³/mol. The number of nitrogen functional groups attached to an aromatic ring is 1. The van der Waals surface area contributed by atoms with E-state index in [-0.39, 0.29) is 12.3 Å². The third-order valence-corrected chi connectivity index (χ3v) is 2.42. The van der Waals surface area contributed by atoms with Crippen LogP contribution >= 0.6 is 0 Å². The number of hydrogen-bond acceptors (Lipinski definition) is 4. The summed E-state index contributed by atoms with van der Waals surface area (Å²) >= 11 is 0. The number of nitrogens with zero attached hydrogens (tertiary/aromatic N) is 1. The van der Waals surface area contributed by atoms with Gasteiger partial charge in [0.15, 0.2) is 6.10 Å². The summed E-state index contributed by atoms with van der Waals surface area (Å²) in [5.74, 6) is -0.664. The highest BCUT2D eigenvalue weighted by Crippen LogP contribution is 2.07. The molecule has 0 aromatic heterocycles. The second-order valence-electron chi connectivity index (χ2n) is 4.28. The summed E-state index contributed by atoms with van der Waals surface area (Å²) in [6.45, 7) is 1.56. The van der Waals surface area contributed by atoms with E-state index in [0.717, 1.165) is 5.56 Å². The highest BCUT2D eigenvalue weighted by Gasteiger charge is 2.19. The molecule has 1 aromatic carbocycles. The molecule has 0 fully saturated rings. The Morgan fingerprint density at radius 2 is 1.83 bits per heavy atom. The monoisotopic (exact) mass is 250 g/mol. The van der Waals surface area contributed by atoms with E-state index >= 15 is 0 Å². The van der Waals surface area contributed by atoms with Crippen LogP contribution in [0.4, 0.5) is 5.69 Å². The van der Waals surface area contributed by atoms with E-state index in [2.05, 4.69) is 0 Å². The van der Waals surface area contributed by atoms with E-state index in [4.69, 9.17) is 10.5 Å². The molecule has 0 saturated heterocycles. The second kappa shape index (κ2) is 6.05. The van der Waals surface area contributed by atoms with Crippen molar-refractivity contribution < 1.29 is 14.3 Å². The van der Waals surface area contributed by atoms with Gasteiger partial charge in [-0.25, -0.2) is 0 Å². The molecule has 0 spiro atoms. The Balaban J connectivity index is 2.51. The lowest BCUT2D eigenvalue weighted by Gasteiger charge is -2.17. The molecule has 1 atom stereocenters. The van der Waals surface area contributed by atoms with Crippen molar-refractivity contribution in [3.05, 3.63) is 29.8 Å². The van der Waals surface area contributed by atoms with Gasteiger partial charge in [0.1, 0.15) is 0 Å². The van der Waals surface area contributed by atoms with Crippen LogP contribution in [0.2, 0.25) is 0 Å². The molecule has 0 aliphatic rings. The lowest BCUT2D eigenvalue weighted by Crippen LogP contribution is -2.35. The topological polar surface area (TPSA) is 72.6 Å². The maximum Gasteiger partial charge on any atom is 0.311 e. The zero-order valence-electron chi connectivity index (χ0n) is 10.8. The van der Waals surface area contributed by atoms with Crippen LogP contribution in [0.3, 0.4) is 0 Å². The molecule has 1 rings (SSSR count). The normalized spacial score (nSPS) is 11.7. The van der Waals surface area contributed by atoms with Crippen molar-refractivity contribution in [1.29, 1.82) is 0 Å².